The first kappa shape index (κ1) is 9.86. The summed E-state index contributed by atoms with van der Waals surface area (Å²) in [5.41, 5.74) is 0. The van der Waals surface area contributed by atoms with Crippen molar-refractivity contribution in [3.63, 3.8) is 0 Å². The number of hydrogen-bond acceptors (Lipinski definition) is 1. The maximum absolute atomic E-state index is 4.21. The molecule has 0 amide bonds. The van der Waals surface area contributed by atoms with Crippen molar-refractivity contribution in [1.82, 2.24) is 4.98 Å². The molecule has 0 saturated heterocycles. The second-order valence-corrected chi connectivity index (χ2v) is 2.47. The fraction of sp³-hybridized carbons (Fsp3) is 0. The van der Waals surface area contributed by atoms with Crippen LogP contribution >= 0.6 is 0 Å². The van der Waals surface area contributed by atoms with Crippen LogP contribution in [0.15, 0.2) is 55.0 Å². The van der Waals surface area contributed by atoms with Gasteiger partial charge in [0, 0.05) is 6.07 Å². The standard InChI is InChI=1S/C10H9N2.BrH/c1-4-8-12(9-5-1)10-6-2-3-7-11-10;/h1-9H;1H/q+1;/p-1. The van der Waals surface area contributed by atoms with E-state index in [0.29, 0.717) is 0 Å². The number of aromatic nitrogens is 2. The smallest absolute Gasteiger partial charge is 0.327 e. The molecule has 2 nitrogen and oxygen atoms in total. The van der Waals surface area contributed by atoms with Gasteiger partial charge >= 0.3 is 5.82 Å². The fourth-order valence-corrected chi connectivity index (χ4v) is 1.06. The topological polar surface area (TPSA) is 16.8 Å². The van der Waals surface area contributed by atoms with E-state index in [0.717, 1.165) is 5.82 Å². The van der Waals surface area contributed by atoms with Gasteiger partial charge in [0.25, 0.3) is 0 Å². The Morgan fingerprint density at radius 1 is 0.923 bits per heavy atom. The minimum atomic E-state index is 0. The zero-order valence-electron chi connectivity index (χ0n) is 6.97. The Bertz CT molecular complexity index is 310. The lowest BCUT2D eigenvalue weighted by atomic mass is 10.4. The zero-order chi connectivity index (χ0) is 8.23. The van der Waals surface area contributed by atoms with Gasteiger partial charge in [-0.2, -0.15) is 0 Å². The lowest BCUT2D eigenvalue weighted by Crippen LogP contribution is -3.00. The van der Waals surface area contributed by atoms with E-state index in [9.17, 15) is 0 Å². The van der Waals surface area contributed by atoms with Crippen molar-refractivity contribution < 1.29 is 21.5 Å². The molecule has 0 aliphatic heterocycles. The molecule has 0 unspecified atom stereocenters. The van der Waals surface area contributed by atoms with Gasteiger partial charge in [-0.25, -0.2) is 4.57 Å². The Morgan fingerprint density at radius 3 is 2.31 bits per heavy atom. The van der Waals surface area contributed by atoms with E-state index < -0.39 is 0 Å². The molecular weight excluding hydrogens is 228 g/mol. The van der Waals surface area contributed by atoms with Gasteiger partial charge in [-0.1, -0.05) is 12.1 Å². The molecule has 13 heavy (non-hydrogen) atoms. The van der Waals surface area contributed by atoms with Crippen LogP contribution in [0.25, 0.3) is 5.82 Å². The quantitative estimate of drug-likeness (QED) is 0.544. The molecule has 2 aromatic heterocycles. The van der Waals surface area contributed by atoms with Gasteiger partial charge in [-0.05, 0) is 23.2 Å². The van der Waals surface area contributed by atoms with E-state index in [1.165, 1.54) is 0 Å². The van der Waals surface area contributed by atoms with Crippen molar-refractivity contribution in [3.05, 3.63) is 55.0 Å². The first-order valence-corrected chi connectivity index (χ1v) is 3.84. The summed E-state index contributed by atoms with van der Waals surface area (Å²) < 4.78 is 1.97. The lowest BCUT2D eigenvalue weighted by molar-refractivity contribution is -0.599. The molecule has 3 heteroatoms. The van der Waals surface area contributed by atoms with Gasteiger partial charge in [0.15, 0.2) is 0 Å². The Kier molecular flexibility index (Phi) is 3.58. The highest BCUT2D eigenvalue weighted by Gasteiger charge is 2.01. The average molecular weight is 237 g/mol. The molecule has 0 atom stereocenters. The summed E-state index contributed by atoms with van der Waals surface area (Å²) in [6.45, 7) is 0. The Labute approximate surface area is 87.7 Å². The van der Waals surface area contributed by atoms with Crippen molar-refractivity contribution in [2.75, 3.05) is 0 Å². The molecule has 0 aromatic carbocycles. The van der Waals surface area contributed by atoms with Gasteiger partial charge in [0.1, 0.15) is 6.20 Å². The zero-order valence-corrected chi connectivity index (χ0v) is 8.55. The van der Waals surface area contributed by atoms with E-state index in [2.05, 4.69) is 4.98 Å². The maximum atomic E-state index is 4.21. The number of hydrogen-bond donors (Lipinski definition) is 0. The minimum absolute atomic E-state index is 0. The third-order valence-corrected chi connectivity index (χ3v) is 1.63. The van der Waals surface area contributed by atoms with E-state index in [4.69, 9.17) is 0 Å². The van der Waals surface area contributed by atoms with E-state index in [1.54, 1.807) is 6.20 Å². The molecular formula is C10H9BrN2. The van der Waals surface area contributed by atoms with Gasteiger partial charge in [0.2, 0.25) is 0 Å². The molecule has 2 rings (SSSR count). The van der Waals surface area contributed by atoms with Crippen LogP contribution in [0.4, 0.5) is 0 Å². The average Bonchev–Trinajstić information content (AvgIpc) is 2.21. The summed E-state index contributed by atoms with van der Waals surface area (Å²) in [4.78, 5) is 4.21. The Balaban J connectivity index is 0.000000845. The molecule has 0 bridgehead atoms. The van der Waals surface area contributed by atoms with Crippen molar-refractivity contribution in [2.45, 2.75) is 0 Å². The van der Waals surface area contributed by atoms with Crippen LogP contribution in [0.2, 0.25) is 0 Å². The molecule has 0 N–H and O–H groups in total. The normalized spacial score (nSPS) is 8.92. The Hall–Kier alpha value is -1.22. The fourth-order valence-electron chi connectivity index (χ4n) is 1.06. The highest BCUT2D eigenvalue weighted by atomic mass is 79.9. The lowest BCUT2D eigenvalue weighted by Gasteiger charge is -1.91. The van der Waals surface area contributed by atoms with Crippen molar-refractivity contribution in [3.8, 4) is 5.82 Å². The van der Waals surface area contributed by atoms with Crippen LogP contribution in [0, 0.1) is 0 Å². The summed E-state index contributed by atoms with van der Waals surface area (Å²) in [5.74, 6) is 0.943. The largest absolute Gasteiger partial charge is 1.00 e. The van der Waals surface area contributed by atoms with E-state index in [1.807, 2.05) is 53.4 Å². The van der Waals surface area contributed by atoms with Crippen LogP contribution in [0.3, 0.4) is 0 Å². The molecule has 0 radical (unpaired) electrons. The van der Waals surface area contributed by atoms with Crippen LogP contribution < -0.4 is 21.5 Å². The molecule has 66 valence electrons. The predicted molar refractivity (Wildman–Crippen MR) is 45.8 cm³/mol. The second-order valence-electron chi connectivity index (χ2n) is 2.47. The summed E-state index contributed by atoms with van der Waals surface area (Å²) in [7, 11) is 0. The van der Waals surface area contributed by atoms with Gasteiger partial charge in [-0.15, -0.1) is 0 Å². The molecule has 0 aliphatic rings. The molecule has 2 heterocycles. The molecule has 0 spiro atoms. The monoisotopic (exact) mass is 236 g/mol. The summed E-state index contributed by atoms with van der Waals surface area (Å²) in [6, 6.07) is 11.8. The van der Waals surface area contributed by atoms with Gasteiger partial charge in [0.05, 0.1) is 12.4 Å². The van der Waals surface area contributed by atoms with Crippen molar-refractivity contribution in [1.29, 1.82) is 0 Å². The van der Waals surface area contributed by atoms with Crippen molar-refractivity contribution >= 4 is 0 Å². The first-order valence-electron chi connectivity index (χ1n) is 3.84. The van der Waals surface area contributed by atoms with Crippen LogP contribution in [-0.2, 0) is 0 Å². The number of rotatable bonds is 1. The molecule has 0 saturated carbocycles. The first-order chi connectivity index (χ1) is 5.97. The molecule has 2 aromatic rings. The minimum Gasteiger partial charge on any atom is -1.00 e. The van der Waals surface area contributed by atoms with Crippen LogP contribution in [0.1, 0.15) is 0 Å². The highest BCUT2D eigenvalue weighted by Crippen LogP contribution is 1.91. The van der Waals surface area contributed by atoms with E-state index in [-0.39, 0.29) is 17.0 Å². The summed E-state index contributed by atoms with van der Waals surface area (Å²) in [6.07, 6.45) is 5.74. The number of pyridine rings is 2. The van der Waals surface area contributed by atoms with Crippen molar-refractivity contribution in [2.24, 2.45) is 0 Å². The third-order valence-electron chi connectivity index (χ3n) is 1.63. The van der Waals surface area contributed by atoms with E-state index >= 15 is 0 Å². The predicted octanol–water partition coefficient (Wildman–Crippen LogP) is -1.64. The van der Waals surface area contributed by atoms with Gasteiger partial charge < -0.3 is 17.0 Å². The second kappa shape index (κ2) is 4.72. The molecule has 0 fully saturated rings. The van der Waals surface area contributed by atoms with Gasteiger partial charge in [-0.3, -0.25) is 0 Å². The maximum Gasteiger partial charge on any atom is 0.327 e. The van der Waals surface area contributed by atoms with Crippen LogP contribution in [-0.4, -0.2) is 4.98 Å². The third kappa shape index (κ3) is 2.36. The molecule has 0 aliphatic carbocycles. The SMILES string of the molecule is [Br-].c1cc[n+](-c2ccccn2)cc1. The Morgan fingerprint density at radius 2 is 1.69 bits per heavy atom. The summed E-state index contributed by atoms with van der Waals surface area (Å²) in [5, 5.41) is 0. The summed E-state index contributed by atoms with van der Waals surface area (Å²) >= 11 is 0. The van der Waals surface area contributed by atoms with Crippen LogP contribution in [0.5, 0.6) is 0 Å². The number of halogens is 1. The number of nitrogens with zero attached hydrogens (tertiary/aromatic N) is 2. The highest BCUT2D eigenvalue weighted by molar-refractivity contribution is 5.09.